The van der Waals surface area contributed by atoms with E-state index in [0.29, 0.717) is 0 Å². The van der Waals surface area contributed by atoms with Gasteiger partial charge in [0.2, 0.25) is 0 Å². The second-order valence-electron chi connectivity index (χ2n) is 3.80. The fraction of sp³-hybridized carbons (Fsp3) is 0.143. The fourth-order valence-electron chi connectivity index (χ4n) is 1.74. The van der Waals surface area contributed by atoms with Crippen LogP contribution in [0.3, 0.4) is 0 Å². The predicted molar refractivity (Wildman–Crippen MR) is 65.1 cm³/mol. The van der Waals surface area contributed by atoms with Gasteiger partial charge in [-0.05, 0) is 35.1 Å². The number of aliphatic hydroxyl groups is 2. The largest absolute Gasteiger partial charge is 0.515 e. The van der Waals surface area contributed by atoms with Gasteiger partial charge in [0.1, 0.15) is 0 Å². The van der Waals surface area contributed by atoms with E-state index in [1.807, 2.05) is 24.3 Å². The molecule has 0 bridgehead atoms. The molecule has 0 aromatic heterocycles. The highest BCUT2D eigenvalue weighted by Crippen LogP contribution is 2.25. The Bertz CT molecular complexity index is 413. The first-order chi connectivity index (χ1) is 7.83. The first-order valence-corrected chi connectivity index (χ1v) is 5.27. The van der Waals surface area contributed by atoms with Crippen molar-refractivity contribution in [3.63, 3.8) is 0 Å². The molecule has 0 aromatic carbocycles. The Labute approximate surface area is 94.9 Å². The van der Waals surface area contributed by atoms with Crippen molar-refractivity contribution in [2.24, 2.45) is 0 Å². The van der Waals surface area contributed by atoms with Crippen molar-refractivity contribution in [3.8, 4) is 0 Å². The molecule has 82 valence electrons. The third-order valence-electron chi connectivity index (χ3n) is 2.73. The van der Waals surface area contributed by atoms with E-state index in [1.54, 1.807) is 0 Å². The van der Waals surface area contributed by atoms with Crippen LogP contribution >= 0.6 is 0 Å². The summed E-state index contributed by atoms with van der Waals surface area (Å²) in [4.78, 5) is 0. The lowest BCUT2D eigenvalue weighted by atomic mass is 9.93. The highest BCUT2D eigenvalue weighted by atomic mass is 16.2. The topological polar surface area (TPSA) is 40.5 Å². The van der Waals surface area contributed by atoms with Gasteiger partial charge in [-0.15, -0.1) is 0 Å². The van der Waals surface area contributed by atoms with Crippen molar-refractivity contribution in [1.82, 2.24) is 0 Å². The van der Waals surface area contributed by atoms with Crippen molar-refractivity contribution >= 4 is 0 Å². The van der Waals surface area contributed by atoms with Gasteiger partial charge in [-0.3, -0.25) is 0 Å². The summed E-state index contributed by atoms with van der Waals surface area (Å²) < 4.78 is 0. The molecule has 0 aliphatic heterocycles. The zero-order valence-electron chi connectivity index (χ0n) is 8.93. The molecular formula is C14H14O2. The Morgan fingerprint density at radius 3 is 1.44 bits per heavy atom. The zero-order chi connectivity index (χ0) is 11.4. The Balaban J connectivity index is 2.13. The summed E-state index contributed by atoms with van der Waals surface area (Å²) in [6.45, 7) is 0. The average molecular weight is 214 g/mol. The zero-order valence-corrected chi connectivity index (χ0v) is 8.93. The molecule has 0 fully saturated rings. The SMILES string of the molecule is OC=C1C=CC(C2=CCC(=CO)C=C2)=CC1. The molecule has 0 aromatic rings. The standard InChI is InChI=1S/C14H14O2/c15-9-11-1-5-13(6-2-11)14-7-3-12(10-16)4-8-14/h1,3,5-10,15-16H,2,4H2. The summed E-state index contributed by atoms with van der Waals surface area (Å²) >= 11 is 0. The first-order valence-electron chi connectivity index (χ1n) is 5.27. The smallest absolute Gasteiger partial charge is 0.0826 e. The Morgan fingerprint density at radius 1 is 0.750 bits per heavy atom. The van der Waals surface area contributed by atoms with Crippen LogP contribution in [0.4, 0.5) is 0 Å². The third-order valence-corrected chi connectivity index (χ3v) is 2.73. The van der Waals surface area contributed by atoms with Crippen molar-refractivity contribution < 1.29 is 10.2 Å². The molecule has 2 aliphatic rings. The molecule has 0 saturated carbocycles. The Morgan fingerprint density at radius 2 is 1.19 bits per heavy atom. The van der Waals surface area contributed by atoms with Crippen LogP contribution in [0.2, 0.25) is 0 Å². The number of rotatable bonds is 1. The molecule has 2 heteroatoms. The molecule has 0 atom stereocenters. The average Bonchev–Trinajstić information content (AvgIpc) is 2.39. The minimum Gasteiger partial charge on any atom is -0.515 e. The fourth-order valence-corrected chi connectivity index (χ4v) is 1.74. The van der Waals surface area contributed by atoms with E-state index in [9.17, 15) is 0 Å². The summed E-state index contributed by atoms with van der Waals surface area (Å²) in [6.07, 6.45) is 15.8. The maximum Gasteiger partial charge on any atom is 0.0826 e. The summed E-state index contributed by atoms with van der Waals surface area (Å²) in [5.74, 6) is 0. The lowest BCUT2D eigenvalue weighted by Gasteiger charge is -2.13. The maximum atomic E-state index is 8.85. The van der Waals surface area contributed by atoms with Crippen LogP contribution in [0.5, 0.6) is 0 Å². The van der Waals surface area contributed by atoms with E-state index in [2.05, 4.69) is 12.2 Å². The van der Waals surface area contributed by atoms with E-state index < -0.39 is 0 Å². The second kappa shape index (κ2) is 4.71. The van der Waals surface area contributed by atoms with E-state index >= 15 is 0 Å². The highest BCUT2D eigenvalue weighted by Gasteiger charge is 2.07. The number of hydrogen-bond donors (Lipinski definition) is 2. The molecule has 0 radical (unpaired) electrons. The molecule has 2 rings (SSSR count). The van der Waals surface area contributed by atoms with Gasteiger partial charge in [-0.2, -0.15) is 0 Å². The van der Waals surface area contributed by atoms with Crippen molar-refractivity contribution in [3.05, 3.63) is 71.3 Å². The van der Waals surface area contributed by atoms with E-state index in [1.165, 1.54) is 11.1 Å². The van der Waals surface area contributed by atoms with Crippen LogP contribution in [-0.4, -0.2) is 10.2 Å². The molecule has 0 amide bonds. The van der Waals surface area contributed by atoms with Crippen LogP contribution in [0.25, 0.3) is 0 Å². The maximum absolute atomic E-state index is 8.85. The van der Waals surface area contributed by atoms with Gasteiger partial charge < -0.3 is 10.2 Å². The van der Waals surface area contributed by atoms with Gasteiger partial charge in [0.15, 0.2) is 0 Å². The normalized spacial score (nSPS) is 24.8. The van der Waals surface area contributed by atoms with E-state index in [0.717, 1.165) is 36.5 Å². The minimum absolute atomic E-state index is 0.760. The number of allylic oxidation sites excluding steroid dienone is 10. The molecule has 0 unspecified atom stereocenters. The van der Waals surface area contributed by atoms with Crippen molar-refractivity contribution in [1.29, 1.82) is 0 Å². The summed E-state index contributed by atoms with van der Waals surface area (Å²) in [5, 5.41) is 17.7. The van der Waals surface area contributed by atoms with Gasteiger partial charge >= 0.3 is 0 Å². The van der Waals surface area contributed by atoms with Gasteiger partial charge in [0.05, 0.1) is 12.5 Å². The molecule has 2 N–H and O–H groups in total. The van der Waals surface area contributed by atoms with Gasteiger partial charge in [0, 0.05) is 0 Å². The first kappa shape index (κ1) is 10.6. The number of aliphatic hydroxyl groups excluding tert-OH is 2. The quantitative estimate of drug-likeness (QED) is 0.654. The Hall–Kier alpha value is -1.96. The lowest BCUT2D eigenvalue weighted by Crippen LogP contribution is -1.94. The van der Waals surface area contributed by atoms with Crippen LogP contribution in [0, 0.1) is 0 Å². The molecule has 0 saturated heterocycles. The molecule has 2 aliphatic carbocycles. The van der Waals surface area contributed by atoms with Crippen molar-refractivity contribution in [2.75, 3.05) is 0 Å². The lowest BCUT2D eigenvalue weighted by molar-refractivity contribution is 0.467. The van der Waals surface area contributed by atoms with Crippen LogP contribution in [0.1, 0.15) is 12.8 Å². The number of hydrogen-bond acceptors (Lipinski definition) is 2. The molecule has 16 heavy (non-hydrogen) atoms. The predicted octanol–water partition coefficient (Wildman–Crippen LogP) is 3.64. The molecular weight excluding hydrogens is 200 g/mol. The molecule has 0 heterocycles. The summed E-state index contributed by atoms with van der Waals surface area (Å²) in [5.41, 5.74) is 4.16. The van der Waals surface area contributed by atoms with Crippen molar-refractivity contribution in [2.45, 2.75) is 12.8 Å². The monoisotopic (exact) mass is 214 g/mol. The summed E-state index contributed by atoms with van der Waals surface area (Å²) in [6, 6.07) is 0. The van der Waals surface area contributed by atoms with Gasteiger partial charge in [-0.1, -0.05) is 36.5 Å². The summed E-state index contributed by atoms with van der Waals surface area (Å²) in [7, 11) is 0. The van der Waals surface area contributed by atoms with Gasteiger partial charge in [-0.25, -0.2) is 0 Å². The van der Waals surface area contributed by atoms with E-state index in [4.69, 9.17) is 10.2 Å². The van der Waals surface area contributed by atoms with Crippen LogP contribution < -0.4 is 0 Å². The third kappa shape index (κ3) is 2.16. The Kier molecular flexibility index (Phi) is 3.10. The van der Waals surface area contributed by atoms with Gasteiger partial charge in [0.25, 0.3) is 0 Å². The minimum atomic E-state index is 0.760. The second-order valence-corrected chi connectivity index (χ2v) is 3.80. The molecule has 2 nitrogen and oxygen atoms in total. The van der Waals surface area contributed by atoms with E-state index in [-0.39, 0.29) is 0 Å². The highest BCUT2D eigenvalue weighted by molar-refractivity contribution is 5.53. The van der Waals surface area contributed by atoms with Crippen LogP contribution in [-0.2, 0) is 0 Å². The van der Waals surface area contributed by atoms with Crippen LogP contribution in [0.15, 0.2) is 71.3 Å². The molecule has 0 spiro atoms.